The number of benzene rings is 1. The summed E-state index contributed by atoms with van der Waals surface area (Å²) in [5.41, 5.74) is 0.793. The molecule has 118 valence electrons. The molecule has 1 aliphatic heterocycles. The molecule has 0 bridgehead atoms. The molecular weight excluding hydrogens is 331 g/mol. The van der Waals surface area contributed by atoms with Crippen molar-refractivity contribution in [2.45, 2.75) is 52.2 Å². The van der Waals surface area contributed by atoms with Crippen LogP contribution >= 0.6 is 15.9 Å². The maximum absolute atomic E-state index is 14.1. The second-order valence-corrected chi connectivity index (χ2v) is 7.38. The molecule has 0 aromatic heterocycles. The predicted octanol–water partition coefficient (Wildman–Crippen LogP) is 4.19. The average molecular weight is 357 g/mol. The zero-order chi connectivity index (χ0) is 15.4. The summed E-state index contributed by atoms with van der Waals surface area (Å²) >= 11 is 3.32. The minimum atomic E-state index is -0.113. The Morgan fingerprint density at radius 3 is 2.81 bits per heavy atom. The number of nitrogens with zero attached hydrogens (tertiary/aromatic N) is 1. The molecule has 1 saturated heterocycles. The number of rotatable bonds is 5. The van der Waals surface area contributed by atoms with Gasteiger partial charge in [-0.05, 0) is 30.9 Å². The van der Waals surface area contributed by atoms with Crippen molar-refractivity contribution in [3.8, 4) is 0 Å². The lowest BCUT2D eigenvalue weighted by atomic mass is 9.98. The quantitative estimate of drug-likeness (QED) is 0.850. The van der Waals surface area contributed by atoms with Gasteiger partial charge in [-0.15, -0.1) is 0 Å². The van der Waals surface area contributed by atoms with E-state index in [0.29, 0.717) is 24.5 Å². The maximum atomic E-state index is 14.1. The van der Waals surface area contributed by atoms with Crippen LogP contribution in [0.5, 0.6) is 0 Å². The third-order valence-corrected chi connectivity index (χ3v) is 4.72. The van der Waals surface area contributed by atoms with Gasteiger partial charge >= 0.3 is 0 Å². The van der Waals surface area contributed by atoms with Crippen LogP contribution in [0.3, 0.4) is 0 Å². The maximum Gasteiger partial charge on any atom is 0.128 e. The highest BCUT2D eigenvalue weighted by atomic mass is 79.9. The summed E-state index contributed by atoms with van der Waals surface area (Å²) in [6, 6.07) is 6.39. The van der Waals surface area contributed by atoms with E-state index in [4.69, 9.17) is 0 Å². The topological polar surface area (TPSA) is 15.3 Å². The van der Waals surface area contributed by atoms with E-state index in [1.165, 1.54) is 6.42 Å². The Hall–Kier alpha value is -0.450. The van der Waals surface area contributed by atoms with E-state index >= 15 is 0 Å². The number of piperazine rings is 1. The molecule has 2 atom stereocenters. The fourth-order valence-electron chi connectivity index (χ4n) is 3.12. The van der Waals surface area contributed by atoms with Crippen molar-refractivity contribution in [3.63, 3.8) is 0 Å². The second kappa shape index (κ2) is 7.70. The Bertz CT molecular complexity index is 464. The van der Waals surface area contributed by atoms with Crippen LogP contribution in [-0.4, -0.2) is 30.1 Å². The van der Waals surface area contributed by atoms with Crippen molar-refractivity contribution in [1.82, 2.24) is 10.2 Å². The summed E-state index contributed by atoms with van der Waals surface area (Å²) in [5.74, 6) is 0.574. The molecule has 4 heteroatoms. The van der Waals surface area contributed by atoms with Crippen LogP contribution in [0.2, 0.25) is 0 Å². The summed E-state index contributed by atoms with van der Waals surface area (Å²) in [6.45, 7) is 9.44. The van der Waals surface area contributed by atoms with E-state index < -0.39 is 0 Å². The van der Waals surface area contributed by atoms with E-state index in [2.05, 4.69) is 46.9 Å². The van der Waals surface area contributed by atoms with Gasteiger partial charge in [0, 0.05) is 41.8 Å². The van der Waals surface area contributed by atoms with Crippen LogP contribution in [0.25, 0.3) is 0 Å². The van der Waals surface area contributed by atoms with Crippen LogP contribution in [0.15, 0.2) is 22.7 Å². The van der Waals surface area contributed by atoms with E-state index in [-0.39, 0.29) is 5.82 Å². The lowest BCUT2D eigenvalue weighted by Gasteiger charge is -2.40. The molecule has 1 aliphatic rings. The Kier molecular flexibility index (Phi) is 6.20. The van der Waals surface area contributed by atoms with Crippen molar-refractivity contribution in [2.24, 2.45) is 5.92 Å². The van der Waals surface area contributed by atoms with Gasteiger partial charge in [0.05, 0.1) is 0 Å². The first kappa shape index (κ1) is 16.9. The standard InChI is InChI=1S/C17H26BrFN2/c1-4-16-9-20-15(7-12(2)3)11-21(16)10-13-5-6-14(18)8-17(13)19/h5-6,8,12,15-16,20H,4,7,9-11H2,1-3H3. The molecule has 0 saturated carbocycles. The molecule has 1 heterocycles. The smallest absolute Gasteiger partial charge is 0.128 e. The van der Waals surface area contributed by atoms with Crippen LogP contribution in [0, 0.1) is 11.7 Å². The number of halogens is 2. The first-order valence-corrected chi connectivity index (χ1v) is 8.70. The Balaban J connectivity index is 2.06. The largest absolute Gasteiger partial charge is 0.311 e. The predicted molar refractivity (Wildman–Crippen MR) is 89.8 cm³/mol. The van der Waals surface area contributed by atoms with Crippen molar-refractivity contribution in [3.05, 3.63) is 34.1 Å². The van der Waals surface area contributed by atoms with Gasteiger partial charge < -0.3 is 5.32 Å². The van der Waals surface area contributed by atoms with Crippen LogP contribution < -0.4 is 5.32 Å². The van der Waals surface area contributed by atoms with E-state index in [0.717, 1.165) is 29.5 Å². The molecule has 1 fully saturated rings. The van der Waals surface area contributed by atoms with Gasteiger partial charge in [-0.3, -0.25) is 4.90 Å². The second-order valence-electron chi connectivity index (χ2n) is 6.46. The van der Waals surface area contributed by atoms with Crippen molar-refractivity contribution in [2.75, 3.05) is 13.1 Å². The zero-order valence-electron chi connectivity index (χ0n) is 13.2. The molecule has 2 nitrogen and oxygen atoms in total. The summed E-state index contributed by atoms with van der Waals surface area (Å²) in [6.07, 6.45) is 2.27. The van der Waals surface area contributed by atoms with Crippen LogP contribution in [-0.2, 0) is 6.54 Å². The molecule has 1 aromatic carbocycles. The summed E-state index contributed by atoms with van der Waals surface area (Å²) in [7, 11) is 0. The van der Waals surface area contributed by atoms with E-state index in [1.807, 2.05) is 12.1 Å². The van der Waals surface area contributed by atoms with Gasteiger partial charge in [0.25, 0.3) is 0 Å². The number of nitrogens with one attached hydrogen (secondary N) is 1. The highest BCUT2D eigenvalue weighted by Crippen LogP contribution is 2.21. The van der Waals surface area contributed by atoms with E-state index in [1.54, 1.807) is 6.07 Å². The number of hydrogen-bond acceptors (Lipinski definition) is 2. The Morgan fingerprint density at radius 2 is 2.19 bits per heavy atom. The molecule has 0 aliphatic carbocycles. The minimum Gasteiger partial charge on any atom is -0.311 e. The fourth-order valence-corrected chi connectivity index (χ4v) is 3.45. The zero-order valence-corrected chi connectivity index (χ0v) is 14.8. The molecule has 0 amide bonds. The van der Waals surface area contributed by atoms with Gasteiger partial charge in [0.1, 0.15) is 5.82 Å². The Morgan fingerprint density at radius 1 is 1.43 bits per heavy atom. The molecule has 1 aromatic rings. The van der Waals surface area contributed by atoms with E-state index in [9.17, 15) is 4.39 Å². The molecular formula is C17H26BrFN2. The lowest BCUT2D eigenvalue weighted by Crippen LogP contribution is -2.56. The minimum absolute atomic E-state index is 0.113. The number of hydrogen-bond donors (Lipinski definition) is 1. The summed E-state index contributed by atoms with van der Waals surface area (Å²) in [4.78, 5) is 2.44. The highest BCUT2D eigenvalue weighted by molar-refractivity contribution is 9.10. The first-order valence-electron chi connectivity index (χ1n) is 7.91. The molecule has 2 rings (SSSR count). The van der Waals surface area contributed by atoms with Gasteiger partial charge in [0.2, 0.25) is 0 Å². The average Bonchev–Trinajstić information content (AvgIpc) is 2.41. The fraction of sp³-hybridized carbons (Fsp3) is 0.647. The third-order valence-electron chi connectivity index (χ3n) is 4.23. The summed E-state index contributed by atoms with van der Waals surface area (Å²) in [5, 5.41) is 3.65. The first-order chi connectivity index (χ1) is 9.99. The van der Waals surface area contributed by atoms with Crippen LogP contribution in [0.1, 0.15) is 39.2 Å². The van der Waals surface area contributed by atoms with Crippen molar-refractivity contribution < 1.29 is 4.39 Å². The molecule has 21 heavy (non-hydrogen) atoms. The third kappa shape index (κ3) is 4.76. The van der Waals surface area contributed by atoms with Crippen LogP contribution in [0.4, 0.5) is 4.39 Å². The van der Waals surface area contributed by atoms with Gasteiger partial charge in [-0.2, -0.15) is 0 Å². The van der Waals surface area contributed by atoms with Crippen molar-refractivity contribution in [1.29, 1.82) is 0 Å². The van der Waals surface area contributed by atoms with Gasteiger partial charge in [-0.1, -0.05) is 42.8 Å². The SMILES string of the molecule is CCC1CNC(CC(C)C)CN1Cc1ccc(Br)cc1F. The monoisotopic (exact) mass is 356 g/mol. The molecule has 0 radical (unpaired) electrons. The molecule has 0 spiro atoms. The lowest BCUT2D eigenvalue weighted by molar-refractivity contribution is 0.110. The Labute approximate surface area is 136 Å². The van der Waals surface area contributed by atoms with Crippen molar-refractivity contribution >= 4 is 15.9 Å². The molecule has 2 unspecified atom stereocenters. The normalized spacial score (nSPS) is 23.7. The highest BCUT2D eigenvalue weighted by Gasteiger charge is 2.27. The molecule has 1 N–H and O–H groups in total. The van der Waals surface area contributed by atoms with Gasteiger partial charge in [-0.25, -0.2) is 4.39 Å². The summed E-state index contributed by atoms with van der Waals surface area (Å²) < 4.78 is 14.9. The van der Waals surface area contributed by atoms with Gasteiger partial charge in [0.15, 0.2) is 0 Å².